The van der Waals surface area contributed by atoms with Gasteiger partial charge >= 0.3 is 0 Å². The van der Waals surface area contributed by atoms with Crippen LogP contribution in [0.1, 0.15) is 39.5 Å². The van der Waals surface area contributed by atoms with Gasteiger partial charge in [0.05, 0.1) is 0 Å². The molecule has 0 bridgehead atoms. The van der Waals surface area contributed by atoms with Crippen molar-refractivity contribution in [1.29, 1.82) is 0 Å². The second-order valence-electron chi connectivity index (χ2n) is 3.47. The van der Waals surface area contributed by atoms with Gasteiger partial charge in [0.2, 0.25) is 0 Å². The fourth-order valence-electron chi connectivity index (χ4n) is 1.38. The van der Waals surface area contributed by atoms with Crippen LogP contribution >= 0.6 is 0 Å². The lowest BCUT2D eigenvalue weighted by Gasteiger charge is -2.12. The molecule has 1 atom stereocenters. The number of ketones is 1. The number of carbonyl (C=O) groups is 1. The van der Waals surface area contributed by atoms with Crippen molar-refractivity contribution in [3.63, 3.8) is 0 Å². The van der Waals surface area contributed by atoms with Crippen LogP contribution in [0.25, 0.3) is 0 Å². The largest absolute Gasteiger partial charge is 0.371 e. The minimum Gasteiger partial charge on any atom is -0.371 e. The maximum Gasteiger partial charge on any atom is 0.161 e. The fraction of sp³-hybridized carbons (Fsp3) is 0.900. The van der Waals surface area contributed by atoms with E-state index in [0.717, 1.165) is 12.8 Å². The Morgan fingerprint density at radius 3 is 2.58 bits per heavy atom. The van der Waals surface area contributed by atoms with E-state index < -0.39 is 0 Å². The molecule has 1 unspecified atom stereocenters. The molecule has 0 aromatic heterocycles. The Hall–Kier alpha value is -0.370. The average Bonchev–Trinajstić information content (AvgIpc) is 2.83. The van der Waals surface area contributed by atoms with Crippen LogP contribution in [0.4, 0.5) is 0 Å². The Balaban J connectivity index is 2.24. The van der Waals surface area contributed by atoms with Crippen LogP contribution in [-0.2, 0) is 9.53 Å². The zero-order valence-corrected chi connectivity index (χ0v) is 8.01. The van der Waals surface area contributed by atoms with Gasteiger partial charge < -0.3 is 4.74 Å². The molecule has 1 saturated carbocycles. The Bertz CT molecular complexity index is 150. The first-order valence-electron chi connectivity index (χ1n) is 4.92. The average molecular weight is 170 g/mol. The number of Topliss-reactive ketones (excluding diaryl/α,β-unsaturated/α-hetero) is 1. The van der Waals surface area contributed by atoms with Gasteiger partial charge in [0.25, 0.3) is 0 Å². The van der Waals surface area contributed by atoms with Crippen molar-refractivity contribution in [3.8, 4) is 0 Å². The number of hydrogen-bond donors (Lipinski definition) is 0. The third-order valence-corrected chi connectivity index (χ3v) is 2.28. The van der Waals surface area contributed by atoms with Crippen LogP contribution in [0, 0.1) is 5.92 Å². The van der Waals surface area contributed by atoms with Crippen molar-refractivity contribution in [1.82, 2.24) is 0 Å². The van der Waals surface area contributed by atoms with Crippen molar-refractivity contribution in [2.24, 2.45) is 5.92 Å². The summed E-state index contributed by atoms with van der Waals surface area (Å²) in [6.07, 6.45) is 3.93. The highest BCUT2D eigenvalue weighted by atomic mass is 16.5. The highest BCUT2D eigenvalue weighted by Crippen LogP contribution is 2.33. The number of ether oxygens (including phenoxy) is 1. The van der Waals surface area contributed by atoms with Crippen molar-refractivity contribution in [2.45, 2.75) is 45.6 Å². The van der Waals surface area contributed by atoms with E-state index in [4.69, 9.17) is 4.74 Å². The fourth-order valence-corrected chi connectivity index (χ4v) is 1.38. The Labute approximate surface area is 74.3 Å². The van der Waals surface area contributed by atoms with Crippen LogP contribution < -0.4 is 0 Å². The molecule has 1 fully saturated rings. The standard InChI is InChI=1S/C10H18O2/c1-3-10(12-4-2)9(11)7-8-5-6-8/h8,10H,3-7H2,1-2H3. The van der Waals surface area contributed by atoms with Gasteiger partial charge in [0.15, 0.2) is 5.78 Å². The van der Waals surface area contributed by atoms with Crippen LogP contribution in [0.3, 0.4) is 0 Å². The highest BCUT2D eigenvalue weighted by Gasteiger charge is 2.27. The maximum atomic E-state index is 11.5. The van der Waals surface area contributed by atoms with Gasteiger partial charge in [-0.25, -0.2) is 0 Å². The number of rotatable bonds is 6. The molecule has 0 aromatic rings. The van der Waals surface area contributed by atoms with E-state index in [1.54, 1.807) is 0 Å². The lowest BCUT2D eigenvalue weighted by atomic mass is 10.1. The predicted octanol–water partition coefficient (Wildman–Crippen LogP) is 2.17. The third kappa shape index (κ3) is 2.94. The molecule has 0 heterocycles. The molecule has 1 aliphatic carbocycles. The summed E-state index contributed by atoms with van der Waals surface area (Å²) in [4.78, 5) is 11.5. The maximum absolute atomic E-state index is 11.5. The second kappa shape index (κ2) is 4.61. The molecule has 2 nitrogen and oxygen atoms in total. The van der Waals surface area contributed by atoms with E-state index in [9.17, 15) is 4.79 Å². The minimum atomic E-state index is -0.129. The van der Waals surface area contributed by atoms with Gasteiger partial charge in [-0.15, -0.1) is 0 Å². The SMILES string of the molecule is CCOC(CC)C(=O)CC1CC1. The summed E-state index contributed by atoms with van der Waals surface area (Å²) in [7, 11) is 0. The monoisotopic (exact) mass is 170 g/mol. The van der Waals surface area contributed by atoms with Crippen molar-refractivity contribution in [3.05, 3.63) is 0 Å². The quantitative estimate of drug-likeness (QED) is 0.610. The van der Waals surface area contributed by atoms with Gasteiger partial charge in [-0.05, 0) is 32.1 Å². The summed E-state index contributed by atoms with van der Waals surface area (Å²) in [5.74, 6) is 0.994. The smallest absolute Gasteiger partial charge is 0.161 e. The van der Waals surface area contributed by atoms with Crippen LogP contribution in [0.15, 0.2) is 0 Å². The van der Waals surface area contributed by atoms with E-state index >= 15 is 0 Å². The molecule has 0 saturated heterocycles. The molecule has 0 amide bonds. The molecule has 1 rings (SSSR count). The Kier molecular flexibility index (Phi) is 3.73. The molecule has 0 aliphatic heterocycles. The van der Waals surface area contributed by atoms with Crippen LogP contribution in [-0.4, -0.2) is 18.5 Å². The summed E-state index contributed by atoms with van der Waals surface area (Å²) in [6, 6.07) is 0. The van der Waals surface area contributed by atoms with E-state index in [2.05, 4.69) is 0 Å². The van der Waals surface area contributed by atoms with Crippen molar-refractivity contribution in [2.75, 3.05) is 6.61 Å². The first kappa shape index (κ1) is 9.72. The molecule has 1 aliphatic rings. The summed E-state index contributed by atoms with van der Waals surface area (Å²) >= 11 is 0. The number of hydrogen-bond acceptors (Lipinski definition) is 2. The molecular formula is C10H18O2. The van der Waals surface area contributed by atoms with Crippen molar-refractivity contribution < 1.29 is 9.53 Å². The van der Waals surface area contributed by atoms with E-state index in [0.29, 0.717) is 18.3 Å². The summed E-state index contributed by atoms with van der Waals surface area (Å²) in [6.45, 7) is 4.59. The first-order valence-corrected chi connectivity index (χ1v) is 4.92. The summed E-state index contributed by atoms with van der Waals surface area (Å²) < 4.78 is 5.33. The molecular weight excluding hydrogens is 152 g/mol. The third-order valence-electron chi connectivity index (χ3n) is 2.28. The minimum absolute atomic E-state index is 0.129. The van der Waals surface area contributed by atoms with E-state index in [1.165, 1.54) is 12.8 Å². The molecule has 0 spiro atoms. The van der Waals surface area contributed by atoms with Gasteiger partial charge in [0, 0.05) is 13.0 Å². The van der Waals surface area contributed by atoms with Gasteiger partial charge in [0.1, 0.15) is 6.10 Å². The highest BCUT2D eigenvalue weighted by molar-refractivity contribution is 5.83. The molecule has 0 radical (unpaired) electrons. The molecule has 2 heteroatoms. The summed E-state index contributed by atoms with van der Waals surface area (Å²) in [5, 5.41) is 0. The van der Waals surface area contributed by atoms with Crippen LogP contribution in [0.5, 0.6) is 0 Å². The normalized spacial score (nSPS) is 19.2. The Morgan fingerprint density at radius 1 is 1.50 bits per heavy atom. The van der Waals surface area contributed by atoms with E-state index in [-0.39, 0.29) is 6.10 Å². The van der Waals surface area contributed by atoms with E-state index in [1.807, 2.05) is 13.8 Å². The zero-order valence-electron chi connectivity index (χ0n) is 8.01. The molecule has 0 N–H and O–H groups in total. The predicted molar refractivity (Wildman–Crippen MR) is 48.1 cm³/mol. The lowest BCUT2D eigenvalue weighted by Crippen LogP contribution is -2.23. The second-order valence-corrected chi connectivity index (χ2v) is 3.47. The molecule has 70 valence electrons. The van der Waals surface area contributed by atoms with Gasteiger partial charge in [-0.3, -0.25) is 4.79 Å². The lowest BCUT2D eigenvalue weighted by molar-refractivity contribution is -0.130. The van der Waals surface area contributed by atoms with Crippen LogP contribution in [0.2, 0.25) is 0 Å². The summed E-state index contributed by atoms with van der Waals surface area (Å²) in [5.41, 5.74) is 0. The van der Waals surface area contributed by atoms with Crippen molar-refractivity contribution >= 4 is 5.78 Å². The zero-order chi connectivity index (χ0) is 8.97. The van der Waals surface area contributed by atoms with Gasteiger partial charge in [-0.1, -0.05) is 6.92 Å². The molecule has 0 aromatic carbocycles. The first-order chi connectivity index (χ1) is 5.77. The number of carbonyl (C=O) groups excluding carboxylic acids is 1. The molecule has 12 heavy (non-hydrogen) atoms. The Morgan fingerprint density at radius 2 is 2.17 bits per heavy atom. The topological polar surface area (TPSA) is 26.3 Å². The van der Waals surface area contributed by atoms with Gasteiger partial charge in [-0.2, -0.15) is 0 Å².